The Hall–Kier alpha value is -2.90. The number of halogens is 1. The largest absolute Gasteiger partial charge is 0.399 e. The van der Waals surface area contributed by atoms with Gasteiger partial charge in [-0.05, 0) is 48.0 Å². The van der Waals surface area contributed by atoms with Crippen LogP contribution in [-0.2, 0) is 10.0 Å². The molecular formula is C18H15ClN4O2S. The standard InChI is InChI=1S/C18H15ClN4O2S/c19-17-4-2-1-3-13(17)5-8-15-11-12-21-18(22-15)23-26(24,25)16-9-6-14(20)7-10-16/h1-12H,20H2,(H,21,22,23)/b8-5-. The van der Waals surface area contributed by atoms with Crippen LogP contribution in [0.2, 0.25) is 5.02 Å². The molecule has 3 N–H and O–H groups in total. The lowest BCUT2D eigenvalue weighted by Crippen LogP contribution is -2.15. The van der Waals surface area contributed by atoms with Crippen molar-refractivity contribution < 1.29 is 8.42 Å². The van der Waals surface area contributed by atoms with Gasteiger partial charge in [-0.2, -0.15) is 0 Å². The van der Waals surface area contributed by atoms with Crippen LogP contribution in [0.3, 0.4) is 0 Å². The zero-order valence-electron chi connectivity index (χ0n) is 13.5. The van der Waals surface area contributed by atoms with Crippen molar-refractivity contribution in [2.75, 3.05) is 10.5 Å². The van der Waals surface area contributed by atoms with Gasteiger partial charge in [0.05, 0.1) is 10.6 Å². The Morgan fingerprint density at radius 3 is 2.46 bits per heavy atom. The van der Waals surface area contributed by atoms with Gasteiger partial charge in [-0.1, -0.05) is 35.9 Å². The Bertz CT molecular complexity index is 1050. The summed E-state index contributed by atoms with van der Waals surface area (Å²) in [5, 5.41) is 0.613. The highest BCUT2D eigenvalue weighted by Crippen LogP contribution is 2.18. The molecular weight excluding hydrogens is 372 g/mol. The van der Waals surface area contributed by atoms with Gasteiger partial charge in [0, 0.05) is 16.9 Å². The maximum absolute atomic E-state index is 12.4. The fraction of sp³-hybridized carbons (Fsp3) is 0. The number of nitrogens with one attached hydrogen (secondary N) is 1. The molecule has 3 rings (SSSR count). The summed E-state index contributed by atoms with van der Waals surface area (Å²) in [5.41, 5.74) is 7.42. The number of nitrogen functional groups attached to an aromatic ring is 1. The van der Waals surface area contributed by atoms with Crippen molar-refractivity contribution in [3.05, 3.63) is 77.1 Å². The SMILES string of the molecule is Nc1ccc(S(=O)(=O)Nc2nccc(/C=C\c3ccccc3Cl)n2)cc1. The number of benzene rings is 2. The van der Waals surface area contributed by atoms with Gasteiger partial charge in [-0.3, -0.25) is 0 Å². The second-order valence-electron chi connectivity index (χ2n) is 5.33. The van der Waals surface area contributed by atoms with Crippen LogP contribution in [0, 0.1) is 0 Å². The van der Waals surface area contributed by atoms with Gasteiger partial charge >= 0.3 is 0 Å². The van der Waals surface area contributed by atoms with Crippen LogP contribution in [0.4, 0.5) is 11.6 Å². The fourth-order valence-electron chi connectivity index (χ4n) is 2.13. The molecule has 0 saturated heterocycles. The van der Waals surface area contributed by atoms with Crippen LogP contribution in [0.1, 0.15) is 11.3 Å². The zero-order valence-corrected chi connectivity index (χ0v) is 15.1. The molecule has 0 amide bonds. The van der Waals surface area contributed by atoms with Gasteiger partial charge in [0.1, 0.15) is 0 Å². The molecule has 0 aliphatic carbocycles. The van der Waals surface area contributed by atoms with Crippen molar-refractivity contribution in [2.24, 2.45) is 0 Å². The molecule has 132 valence electrons. The van der Waals surface area contributed by atoms with Gasteiger partial charge < -0.3 is 5.73 Å². The van der Waals surface area contributed by atoms with E-state index in [4.69, 9.17) is 17.3 Å². The molecule has 6 nitrogen and oxygen atoms in total. The summed E-state index contributed by atoms with van der Waals surface area (Å²) in [7, 11) is -3.80. The van der Waals surface area contributed by atoms with E-state index in [1.54, 1.807) is 24.3 Å². The molecule has 1 heterocycles. The van der Waals surface area contributed by atoms with Gasteiger partial charge in [0.25, 0.3) is 10.0 Å². The molecule has 0 radical (unpaired) electrons. The molecule has 0 unspecified atom stereocenters. The van der Waals surface area contributed by atoms with E-state index in [0.29, 0.717) is 16.4 Å². The minimum Gasteiger partial charge on any atom is -0.399 e. The average Bonchev–Trinajstić information content (AvgIpc) is 2.61. The first-order chi connectivity index (χ1) is 12.4. The van der Waals surface area contributed by atoms with Crippen LogP contribution in [0.15, 0.2) is 65.7 Å². The molecule has 0 aliphatic heterocycles. The first-order valence-electron chi connectivity index (χ1n) is 7.58. The predicted molar refractivity (Wildman–Crippen MR) is 104 cm³/mol. The van der Waals surface area contributed by atoms with E-state index in [1.165, 1.54) is 30.5 Å². The van der Waals surface area contributed by atoms with Crippen molar-refractivity contribution in [1.29, 1.82) is 0 Å². The first-order valence-corrected chi connectivity index (χ1v) is 9.44. The Balaban J connectivity index is 1.81. The third kappa shape index (κ3) is 4.38. The summed E-state index contributed by atoms with van der Waals surface area (Å²) in [6, 6.07) is 14.9. The lowest BCUT2D eigenvalue weighted by Gasteiger charge is -2.07. The third-order valence-corrected chi connectivity index (χ3v) is 5.12. The molecule has 0 fully saturated rings. The molecule has 0 saturated carbocycles. The highest BCUT2D eigenvalue weighted by atomic mass is 35.5. The van der Waals surface area contributed by atoms with E-state index in [1.807, 2.05) is 18.2 Å². The molecule has 2 aromatic carbocycles. The van der Waals surface area contributed by atoms with Crippen LogP contribution in [0.5, 0.6) is 0 Å². The van der Waals surface area contributed by atoms with E-state index in [-0.39, 0.29) is 10.8 Å². The van der Waals surface area contributed by atoms with E-state index in [0.717, 1.165) is 5.56 Å². The molecule has 0 aliphatic rings. The molecule has 0 spiro atoms. The fourth-order valence-corrected chi connectivity index (χ4v) is 3.28. The van der Waals surface area contributed by atoms with Crippen LogP contribution in [0.25, 0.3) is 12.2 Å². The van der Waals surface area contributed by atoms with Gasteiger partial charge in [-0.15, -0.1) is 0 Å². The van der Waals surface area contributed by atoms with Crippen LogP contribution < -0.4 is 10.5 Å². The molecule has 8 heteroatoms. The predicted octanol–water partition coefficient (Wildman–Crippen LogP) is 3.68. The number of aromatic nitrogens is 2. The number of nitrogens with zero attached hydrogens (tertiary/aromatic N) is 2. The Morgan fingerprint density at radius 1 is 1.00 bits per heavy atom. The maximum Gasteiger partial charge on any atom is 0.264 e. The number of sulfonamides is 1. The summed E-state index contributed by atoms with van der Waals surface area (Å²) in [4.78, 5) is 8.22. The summed E-state index contributed by atoms with van der Waals surface area (Å²) < 4.78 is 27.1. The molecule has 0 atom stereocenters. The summed E-state index contributed by atoms with van der Waals surface area (Å²) >= 11 is 6.10. The monoisotopic (exact) mass is 386 g/mol. The van der Waals surface area contributed by atoms with Crippen LogP contribution >= 0.6 is 11.6 Å². The Morgan fingerprint density at radius 2 is 1.73 bits per heavy atom. The highest BCUT2D eigenvalue weighted by molar-refractivity contribution is 7.92. The van der Waals surface area contributed by atoms with Crippen LogP contribution in [-0.4, -0.2) is 18.4 Å². The first kappa shape index (κ1) is 17.9. The topological polar surface area (TPSA) is 98.0 Å². The zero-order chi connectivity index (χ0) is 18.6. The minimum atomic E-state index is -3.80. The van der Waals surface area contributed by atoms with E-state index >= 15 is 0 Å². The average molecular weight is 387 g/mol. The highest BCUT2D eigenvalue weighted by Gasteiger charge is 2.15. The third-order valence-electron chi connectivity index (χ3n) is 3.43. The van der Waals surface area contributed by atoms with Crippen molar-refractivity contribution in [1.82, 2.24) is 9.97 Å². The van der Waals surface area contributed by atoms with Crippen molar-refractivity contribution in [3.63, 3.8) is 0 Å². The lowest BCUT2D eigenvalue weighted by molar-refractivity contribution is 0.601. The molecule has 26 heavy (non-hydrogen) atoms. The normalized spacial score (nSPS) is 11.6. The number of hydrogen-bond acceptors (Lipinski definition) is 5. The quantitative estimate of drug-likeness (QED) is 0.652. The summed E-state index contributed by atoms with van der Waals surface area (Å²) in [6.45, 7) is 0. The van der Waals surface area contributed by atoms with Gasteiger partial charge in [-0.25, -0.2) is 23.1 Å². The van der Waals surface area contributed by atoms with Gasteiger partial charge in [0.15, 0.2) is 0 Å². The second kappa shape index (κ2) is 7.55. The Labute approximate surface area is 156 Å². The lowest BCUT2D eigenvalue weighted by atomic mass is 10.2. The second-order valence-corrected chi connectivity index (χ2v) is 7.42. The maximum atomic E-state index is 12.4. The number of hydrogen-bond donors (Lipinski definition) is 2. The Kier molecular flexibility index (Phi) is 5.20. The number of nitrogens with two attached hydrogens (primary N) is 1. The molecule has 1 aromatic heterocycles. The van der Waals surface area contributed by atoms with E-state index in [2.05, 4.69) is 14.7 Å². The number of rotatable bonds is 5. The van der Waals surface area contributed by atoms with E-state index in [9.17, 15) is 8.42 Å². The minimum absolute atomic E-state index is 0.0249. The molecule has 3 aromatic rings. The molecule has 0 bridgehead atoms. The smallest absolute Gasteiger partial charge is 0.264 e. The van der Waals surface area contributed by atoms with E-state index < -0.39 is 10.0 Å². The van der Waals surface area contributed by atoms with Crippen molar-refractivity contribution >= 4 is 45.4 Å². The van der Waals surface area contributed by atoms with Crippen molar-refractivity contribution in [3.8, 4) is 0 Å². The van der Waals surface area contributed by atoms with Gasteiger partial charge in [0.2, 0.25) is 5.95 Å². The number of anilines is 2. The summed E-state index contributed by atoms with van der Waals surface area (Å²) in [5.74, 6) is -0.0249. The summed E-state index contributed by atoms with van der Waals surface area (Å²) in [6.07, 6.45) is 4.99. The van der Waals surface area contributed by atoms with Crippen molar-refractivity contribution in [2.45, 2.75) is 4.90 Å².